The lowest BCUT2D eigenvalue weighted by Crippen LogP contribution is -2.12. The summed E-state index contributed by atoms with van der Waals surface area (Å²) < 4.78 is 7.43. The van der Waals surface area contributed by atoms with Crippen LogP contribution in [0.5, 0.6) is 0 Å². The zero-order valence-electron chi connectivity index (χ0n) is 10.4. The zero-order chi connectivity index (χ0) is 12.1. The Morgan fingerprint density at radius 3 is 2.50 bits per heavy atom. The number of rotatable bonds is 6. The highest BCUT2D eigenvalue weighted by molar-refractivity contribution is 6.28. The van der Waals surface area contributed by atoms with E-state index in [1.165, 1.54) is 0 Å². The topological polar surface area (TPSA) is 39.9 Å². The third-order valence-corrected chi connectivity index (χ3v) is 2.44. The summed E-state index contributed by atoms with van der Waals surface area (Å²) in [5.74, 6) is 1.80. The molecule has 0 aliphatic carbocycles. The molecule has 0 aliphatic heterocycles. The van der Waals surface area contributed by atoms with Gasteiger partial charge in [-0.25, -0.2) is 0 Å². The van der Waals surface area contributed by atoms with Crippen LogP contribution in [0.3, 0.4) is 0 Å². The Morgan fingerprint density at radius 2 is 1.94 bits per heavy atom. The van der Waals surface area contributed by atoms with E-state index in [1.807, 2.05) is 4.57 Å². The van der Waals surface area contributed by atoms with Crippen LogP contribution in [0.2, 0.25) is 5.28 Å². The van der Waals surface area contributed by atoms with Crippen LogP contribution in [0.25, 0.3) is 0 Å². The Hall–Kier alpha value is -0.610. The molecular formula is C11H20ClN3O. The van der Waals surface area contributed by atoms with Crippen molar-refractivity contribution in [3.63, 3.8) is 0 Å². The predicted molar refractivity (Wildman–Crippen MR) is 64.8 cm³/mol. The summed E-state index contributed by atoms with van der Waals surface area (Å²) in [5.41, 5.74) is 0. The minimum absolute atomic E-state index is 0.324. The van der Waals surface area contributed by atoms with Crippen LogP contribution in [0.4, 0.5) is 0 Å². The maximum absolute atomic E-state index is 5.96. The molecule has 1 rings (SSSR count). The lowest BCUT2D eigenvalue weighted by molar-refractivity contribution is 0.102. The van der Waals surface area contributed by atoms with Crippen LogP contribution in [0, 0.1) is 5.92 Å². The van der Waals surface area contributed by atoms with Crippen molar-refractivity contribution in [3.8, 4) is 0 Å². The Bertz CT molecular complexity index is 323. The molecule has 1 aromatic heterocycles. The third-order valence-electron chi connectivity index (χ3n) is 2.16. The molecule has 0 amide bonds. The molecule has 5 heteroatoms. The first kappa shape index (κ1) is 13.5. The van der Waals surface area contributed by atoms with Gasteiger partial charge in [-0.2, -0.15) is 0 Å². The monoisotopic (exact) mass is 245 g/mol. The Labute approximate surface area is 102 Å². The van der Waals surface area contributed by atoms with Gasteiger partial charge in [0.25, 0.3) is 0 Å². The van der Waals surface area contributed by atoms with Crippen LogP contribution in [-0.2, 0) is 11.3 Å². The van der Waals surface area contributed by atoms with E-state index in [1.54, 1.807) is 0 Å². The number of nitrogens with zero attached hydrogens (tertiary/aromatic N) is 3. The van der Waals surface area contributed by atoms with Crippen LogP contribution in [-0.4, -0.2) is 28.0 Å². The fourth-order valence-corrected chi connectivity index (χ4v) is 1.61. The molecule has 4 nitrogen and oxygen atoms in total. The van der Waals surface area contributed by atoms with E-state index in [2.05, 4.69) is 37.9 Å². The molecule has 0 N–H and O–H groups in total. The van der Waals surface area contributed by atoms with Crippen molar-refractivity contribution in [2.24, 2.45) is 5.92 Å². The fraction of sp³-hybridized carbons (Fsp3) is 0.818. The third kappa shape index (κ3) is 3.76. The highest BCUT2D eigenvalue weighted by Gasteiger charge is 2.12. The number of halogens is 1. The highest BCUT2D eigenvalue weighted by Crippen LogP contribution is 2.16. The minimum Gasteiger partial charge on any atom is -0.379 e. The first-order valence-corrected chi connectivity index (χ1v) is 6.06. The first-order valence-electron chi connectivity index (χ1n) is 5.68. The summed E-state index contributed by atoms with van der Waals surface area (Å²) in [6, 6.07) is 0. The average molecular weight is 246 g/mol. The van der Waals surface area contributed by atoms with Crippen molar-refractivity contribution in [3.05, 3.63) is 11.1 Å². The Balaban J connectivity index is 2.49. The van der Waals surface area contributed by atoms with Gasteiger partial charge in [-0.05, 0) is 17.5 Å². The van der Waals surface area contributed by atoms with E-state index < -0.39 is 0 Å². The molecule has 0 spiro atoms. The van der Waals surface area contributed by atoms with E-state index >= 15 is 0 Å². The zero-order valence-corrected chi connectivity index (χ0v) is 11.2. The van der Waals surface area contributed by atoms with Gasteiger partial charge in [-0.15, -0.1) is 10.2 Å². The van der Waals surface area contributed by atoms with Crippen molar-refractivity contribution in [2.45, 2.75) is 40.2 Å². The molecule has 1 heterocycles. The molecule has 0 atom stereocenters. The molecule has 0 bridgehead atoms. The Kier molecular flexibility index (Phi) is 5.22. The van der Waals surface area contributed by atoms with Crippen LogP contribution in [0.1, 0.15) is 39.4 Å². The molecule has 0 aliphatic rings. The number of aromatic nitrogens is 3. The molecule has 1 aromatic rings. The number of hydrogen-bond acceptors (Lipinski definition) is 3. The maximum Gasteiger partial charge on any atom is 0.225 e. The summed E-state index contributed by atoms with van der Waals surface area (Å²) in [6.07, 6.45) is 0. The molecule has 0 fully saturated rings. The lowest BCUT2D eigenvalue weighted by Gasteiger charge is -2.11. The molecule has 0 aromatic carbocycles. The van der Waals surface area contributed by atoms with Crippen LogP contribution >= 0.6 is 11.6 Å². The second-order valence-corrected chi connectivity index (χ2v) is 4.94. The fourth-order valence-electron chi connectivity index (χ4n) is 1.40. The SMILES string of the molecule is CC(C)COCCn1c(Cl)nnc1C(C)C. The second-order valence-electron chi connectivity index (χ2n) is 4.60. The molecule has 0 saturated heterocycles. The van der Waals surface area contributed by atoms with Gasteiger partial charge in [0.2, 0.25) is 5.28 Å². The highest BCUT2D eigenvalue weighted by atomic mass is 35.5. The summed E-state index contributed by atoms with van der Waals surface area (Å²) in [4.78, 5) is 0. The van der Waals surface area contributed by atoms with E-state index in [0.29, 0.717) is 30.3 Å². The van der Waals surface area contributed by atoms with E-state index in [4.69, 9.17) is 16.3 Å². The van der Waals surface area contributed by atoms with Crippen molar-refractivity contribution in [1.29, 1.82) is 0 Å². The lowest BCUT2D eigenvalue weighted by atomic mass is 10.2. The van der Waals surface area contributed by atoms with Gasteiger partial charge in [0.05, 0.1) is 13.2 Å². The van der Waals surface area contributed by atoms with Gasteiger partial charge in [0, 0.05) is 12.5 Å². The quantitative estimate of drug-likeness (QED) is 0.724. The van der Waals surface area contributed by atoms with Crippen molar-refractivity contribution in [2.75, 3.05) is 13.2 Å². The van der Waals surface area contributed by atoms with Gasteiger partial charge in [0.1, 0.15) is 5.82 Å². The maximum atomic E-state index is 5.96. The molecular weight excluding hydrogens is 226 g/mol. The minimum atomic E-state index is 0.324. The number of ether oxygens (including phenoxy) is 1. The van der Waals surface area contributed by atoms with Gasteiger partial charge in [-0.3, -0.25) is 4.57 Å². The normalized spacial score (nSPS) is 11.7. The molecule has 92 valence electrons. The molecule has 16 heavy (non-hydrogen) atoms. The largest absolute Gasteiger partial charge is 0.379 e. The Morgan fingerprint density at radius 1 is 1.25 bits per heavy atom. The smallest absolute Gasteiger partial charge is 0.225 e. The molecule has 0 saturated carbocycles. The van der Waals surface area contributed by atoms with E-state index in [0.717, 1.165) is 12.4 Å². The van der Waals surface area contributed by atoms with Crippen molar-refractivity contribution < 1.29 is 4.74 Å². The summed E-state index contributed by atoms with van der Waals surface area (Å²) >= 11 is 5.96. The average Bonchev–Trinajstić information content (AvgIpc) is 2.54. The summed E-state index contributed by atoms with van der Waals surface area (Å²) in [5, 5.41) is 8.37. The summed E-state index contributed by atoms with van der Waals surface area (Å²) in [7, 11) is 0. The standard InChI is InChI=1S/C11H20ClN3O/c1-8(2)7-16-6-5-15-10(9(3)4)13-14-11(15)12/h8-9H,5-7H2,1-4H3. The van der Waals surface area contributed by atoms with Gasteiger partial charge in [0.15, 0.2) is 0 Å². The van der Waals surface area contributed by atoms with Crippen LogP contribution in [0.15, 0.2) is 0 Å². The molecule has 0 unspecified atom stereocenters. The van der Waals surface area contributed by atoms with E-state index in [9.17, 15) is 0 Å². The van der Waals surface area contributed by atoms with E-state index in [-0.39, 0.29) is 0 Å². The van der Waals surface area contributed by atoms with Crippen LogP contribution < -0.4 is 0 Å². The van der Waals surface area contributed by atoms with Gasteiger partial charge < -0.3 is 4.74 Å². The van der Waals surface area contributed by atoms with Crippen molar-refractivity contribution in [1.82, 2.24) is 14.8 Å². The second kappa shape index (κ2) is 6.21. The van der Waals surface area contributed by atoms with Gasteiger partial charge in [-0.1, -0.05) is 27.7 Å². The van der Waals surface area contributed by atoms with Gasteiger partial charge >= 0.3 is 0 Å². The predicted octanol–water partition coefficient (Wildman–Crippen LogP) is 2.73. The summed E-state index contributed by atoms with van der Waals surface area (Å²) in [6.45, 7) is 10.5. The first-order chi connectivity index (χ1) is 7.52. The molecule has 0 radical (unpaired) electrons. The number of hydrogen-bond donors (Lipinski definition) is 0. The van der Waals surface area contributed by atoms with Crippen molar-refractivity contribution >= 4 is 11.6 Å².